The number of carbonyl (C=O) groups excluding carboxylic acids is 1. The fourth-order valence-electron chi connectivity index (χ4n) is 2.76. The zero-order valence-electron chi connectivity index (χ0n) is 14.9. The van der Waals surface area contributed by atoms with Crippen molar-refractivity contribution >= 4 is 28.5 Å². The summed E-state index contributed by atoms with van der Waals surface area (Å²) < 4.78 is 4.94. The van der Waals surface area contributed by atoms with Gasteiger partial charge in [0, 0.05) is 27.5 Å². The van der Waals surface area contributed by atoms with Crippen molar-refractivity contribution in [3.05, 3.63) is 70.1 Å². The van der Waals surface area contributed by atoms with Gasteiger partial charge in [-0.25, -0.2) is 0 Å². The van der Waals surface area contributed by atoms with Crippen molar-refractivity contribution in [3.63, 3.8) is 0 Å². The van der Waals surface area contributed by atoms with Gasteiger partial charge in [0.25, 0.3) is 5.56 Å². The standard InChI is InChI=1S/C21H21NO3S/c1-3-25-20(23)11-9-17-13-19(14(2)22-21(17)24)26-18-10-8-15-6-4-5-7-16(15)12-18/h4-8,10,12-13H,3,9,11H2,1-2H3,(H,22,24). The van der Waals surface area contributed by atoms with E-state index in [2.05, 4.69) is 35.3 Å². The van der Waals surface area contributed by atoms with Crippen LogP contribution in [0.25, 0.3) is 10.8 Å². The van der Waals surface area contributed by atoms with Crippen LogP contribution in [-0.4, -0.2) is 17.6 Å². The minimum Gasteiger partial charge on any atom is -0.466 e. The molecule has 0 atom stereocenters. The van der Waals surface area contributed by atoms with E-state index in [1.165, 1.54) is 10.8 Å². The van der Waals surface area contributed by atoms with E-state index in [4.69, 9.17) is 4.74 Å². The molecule has 26 heavy (non-hydrogen) atoms. The highest BCUT2D eigenvalue weighted by Crippen LogP contribution is 2.31. The Kier molecular flexibility index (Phi) is 5.78. The largest absolute Gasteiger partial charge is 0.466 e. The van der Waals surface area contributed by atoms with Crippen LogP contribution in [0.1, 0.15) is 24.6 Å². The molecule has 0 saturated heterocycles. The fourth-order valence-corrected chi connectivity index (χ4v) is 3.74. The Morgan fingerprint density at radius 1 is 1.12 bits per heavy atom. The molecule has 0 spiro atoms. The highest BCUT2D eigenvalue weighted by Gasteiger charge is 2.10. The number of pyridine rings is 1. The summed E-state index contributed by atoms with van der Waals surface area (Å²) >= 11 is 1.61. The Bertz CT molecular complexity index is 994. The van der Waals surface area contributed by atoms with Crippen molar-refractivity contribution < 1.29 is 9.53 Å². The number of aryl methyl sites for hydroxylation is 2. The van der Waals surface area contributed by atoms with Gasteiger partial charge in [0.2, 0.25) is 0 Å². The van der Waals surface area contributed by atoms with Gasteiger partial charge >= 0.3 is 5.97 Å². The van der Waals surface area contributed by atoms with Crippen LogP contribution in [0, 0.1) is 6.92 Å². The topological polar surface area (TPSA) is 59.2 Å². The molecule has 0 radical (unpaired) electrons. The molecule has 0 saturated carbocycles. The molecule has 0 bridgehead atoms. The molecule has 1 N–H and O–H groups in total. The van der Waals surface area contributed by atoms with Crippen molar-refractivity contribution in [1.82, 2.24) is 4.98 Å². The van der Waals surface area contributed by atoms with Crippen molar-refractivity contribution in [2.24, 2.45) is 0 Å². The third-order valence-electron chi connectivity index (χ3n) is 4.12. The van der Waals surface area contributed by atoms with Gasteiger partial charge in [-0.15, -0.1) is 0 Å². The molecule has 0 aliphatic carbocycles. The number of ether oxygens (including phenoxy) is 1. The Morgan fingerprint density at radius 2 is 1.88 bits per heavy atom. The quantitative estimate of drug-likeness (QED) is 0.653. The van der Waals surface area contributed by atoms with Crippen LogP contribution < -0.4 is 5.56 Å². The van der Waals surface area contributed by atoms with E-state index in [-0.39, 0.29) is 17.9 Å². The van der Waals surface area contributed by atoms with Gasteiger partial charge in [-0.05, 0) is 49.2 Å². The predicted molar refractivity (Wildman–Crippen MR) is 105 cm³/mol. The first-order valence-electron chi connectivity index (χ1n) is 8.62. The summed E-state index contributed by atoms with van der Waals surface area (Å²) in [6, 6.07) is 16.4. The van der Waals surface area contributed by atoms with E-state index >= 15 is 0 Å². The lowest BCUT2D eigenvalue weighted by atomic mass is 10.1. The minimum atomic E-state index is -0.281. The van der Waals surface area contributed by atoms with E-state index < -0.39 is 0 Å². The first-order chi connectivity index (χ1) is 12.6. The smallest absolute Gasteiger partial charge is 0.306 e. The number of hydrogen-bond acceptors (Lipinski definition) is 4. The van der Waals surface area contributed by atoms with E-state index in [1.807, 2.05) is 25.1 Å². The normalized spacial score (nSPS) is 10.8. The van der Waals surface area contributed by atoms with Gasteiger partial charge in [0.15, 0.2) is 0 Å². The van der Waals surface area contributed by atoms with Crippen LogP contribution in [0.5, 0.6) is 0 Å². The maximum absolute atomic E-state index is 12.2. The number of nitrogens with one attached hydrogen (secondary N) is 1. The van der Waals surface area contributed by atoms with Gasteiger partial charge in [-0.3, -0.25) is 9.59 Å². The number of rotatable bonds is 6. The highest BCUT2D eigenvalue weighted by atomic mass is 32.2. The van der Waals surface area contributed by atoms with Gasteiger partial charge in [0.05, 0.1) is 6.61 Å². The Morgan fingerprint density at radius 3 is 2.65 bits per heavy atom. The first kappa shape index (κ1) is 18.3. The summed E-state index contributed by atoms with van der Waals surface area (Å²) in [5.41, 5.74) is 1.29. The van der Waals surface area contributed by atoms with Gasteiger partial charge in [0.1, 0.15) is 0 Å². The molecular formula is C21H21NO3S. The maximum atomic E-state index is 12.2. The number of aromatic amines is 1. The molecule has 134 valence electrons. The number of esters is 1. The highest BCUT2D eigenvalue weighted by molar-refractivity contribution is 7.99. The van der Waals surface area contributed by atoms with Crippen LogP contribution in [-0.2, 0) is 16.0 Å². The summed E-state index contributed by atoms with van der Waals surface area (Å²) in [7, 11) is 0. The van der Waals surface area contributed by atoms with Crippen LogP contribution in [0.4, 0.5) is 0 Å². The summed E-state index contributed by atoms with van der Waals surface area (Å²) in [6.45, 7) is 4.01. The molecule has 1 heterocycles. The zero-order valence-corrected chi connectivity index (χ0v) is 15.7. The second kappa shape index (κ2) is 8.23. The van der Waals surface area contributed by atoms with Crippen molar-refractivity contribution in [2.75, 3.05) is 6.61 Å². The lowest BCUT2D eigenvalue weighted by Gasteiger charge is -2.09. The summed E-state index contributed by atoms with van der Waals surface area (Å²) in [6.07, 6.45) is 0.583. The zero-order chi connectivity index (χ0) is 18.5. The third kappa shape index (κ3) is 4.35. The Hall–Kier alpha value is -2.53. The fraction of sp³-hybridized carbons (Fsp3) is 0.238. The molecule has 0 fully saturated rings. The SMILES string of the molecule is CCOC(=O)CCc1cc(Sc2ccc3ccccc3c2)c(C)[nH]c1=O. The average molecular weight is 367 g/mol. The predicted octanol–water partition coefficient (Wildman–Crippen LogP) is 4.48. The molecule has 0 unspecified atom stereocenters. The maximum Gasteiger partial charge on any atom is 0.306 e. The van der Waals surface area contributed by atoms with E-state index in [0.717, 1.165) is 15.5 Å². The molecular weight excluding hydrogens is 346 g/mol. The number of hydrogen-bond donors (Lipinski definition) is 1. The number of fused-ring (bicyclic) bond motifs is 1. The van der Waals surface area contributed by atoms with E-state index in [0.29, 0.717) is 18.6 Å². The molecule has 5 heteroatoms. The molecule has 1 aromatic heterocycles. The van der Waals surface area contributed by atoms with Crippen molar-refractivity contribution in [1.29, 1.82) is 0 Å². The first-order valence-corrected chi connectivity index (χ1v) is 9.43. The monoisotopic (exact) mass is 367 g/mol. The minimum absolute atomic E-state index is 0.144. The number of H-pyrrole nitrogens is 1. The average Bonchev–Trinajstić information content (AvgIpc) is 2.63. The van der Waals surface area contributed by atoms with Gasteiger partial charge in [-0.1, -0.05) is 42.1 Å². The summed E-state index contributed by atoms with van der Waals surface area (Å²) in [4.78, 5) is 28.7. The number of aromatic nitrogens is 1. The van der Waals surface area contributed by atoms with Crippen LogP contribution in [0.2, 0.25) is 0 Å². The van der Waals surface area contributed by atoms with Crippen molar-refractivity contribution in [3.8, 4) is 0 Å². The van der Waals surface area contributed by atoms with Crippen LogP contribution in [0.3, 0.4) is 0 Å². The van der Waals surface area contributed by atoms with Crippen LogP contribution >= 0.6 is 11.8 Å². The van der Waals surface area contributed by atoms with Crippen LogP contribution in [0.15, 0.2) is 63.1 Å². The second-order valence-corrected chi connectivity index (χ2v) is 7.14. The summed E-state index contributed by atoms with van der Waals surface area (Å²) in [5.74, 6) is -0.281. The van der Waals surface area contributed by atoms with Gasteiger partial charge < -0.3 is 9.72 Å². The lowest BCUT2D eigenvalue weighted by molar-refractivity contribution is -0.143. The lowest BCUT2D eigenvalue weighted by Crippen LogP contribution is -2.16. The number of benzene rings is 2. The molecule has 0 aliphatic rings. The van der Waals surface area contributed by atoms with Crippen molar-refractivity contribution in [2.45, 2.75) is 36.5 Å². The number of carbonyl (C=O) groups is 1. The molecule has 0 aliphatic heterocycles. The van der Waals surface area contributed by atoms with E-state index in [1.54, 1.807) is 18.7 Å². The molecule has 0 amide bonds. The molecule has 3 rings (SSSR count). The molecule has 3 aromatic rings. The summed E-state index contributed by atoms with van der Waals surface area (Å²) in [5, 5.41) is 2.38. The molecule has 2 aromatic carbocycles. The molecule has 4 nitrogen and oxygen atoms in total. The Balaban J connectivity index is 1.83. The third-order valence-corrected chi connectivity index (χ3v) is 5.25. The second-order valence-electron chi connectivity index (χ2n) is 6.03. The van der Waals surface area contributed by atoms with Gasteiger partial charge in [-0.2, -0.15) is 0 Å². The Labute approximate surface area is 156 Å². The van der Waals surface area contributed by atoms with E-state index in [9.17, 15) is 9.59 Å².